The monoisotopic (exact) mass is 836 g/mol. The first kappa shape index (κ1) is 52.6. The van der Waals surface area contributed by atoms with Gasteiger partial charge in [0.1, 0.15) is 6.69 Å². The molecule has 0 bridgehead atoms. The van der Waals surface area contributed by atoms with Gasteiger partial charge in [-0.15, -0.1) is 38.5 Å². The molecule has 0 aromatic rings. The quantitative estimate of drug-likeness (QED) is 0.0469. The van der Waals surface area contributed by atoms with Gasteiger partial charge in [-0.05, 0) is 55.4 Å². The standard InChI is InChI=1S/C12H29O6PSi.C8H21O6PSi.C3H9BrSi.CH2Cl2/c1-6-14-19(13,15-7-2)11-12-20(16-8-3,17-9-4)18-10-5;1-4-12-16(13-5-2,14-6-3)8-7-15(9,10)11;1-5(2,3)4;2-1-3/h6-12H2,1-5H3;4-8H2,1-3H3,(H2,9,10,11);1-3H3;1H2. The maximum Gasteiger partial charge on any atom is 0.501 e. The molecule has 0 heterocycles. The van der Waals surface area contributed by atoms with Crippen LogP contribution in [-0.4, -0.2) is 105 Å². The summed E-state index contributed by atoms with van der Waals surface area (Å²) >= 11 is 13.0. The highest BCUT2D eigenvalue weighted by Gasteiger charge is 2.43. The van der Waals surface area contributed by atoms with Crippen LogP contribution < -0.4 is 0 Å². The molecular weight excluding hydrogens is 777 g/mol. The van der Waals surface area contributed by atoms with Gasteiger partial charge >= 0.3 is 32.8 Å². The maximum absolute atomic E-state index is 12.5. The highest BCUT2D eigenvalue weighted by Crippen LogP contribution is 2.49. The molecule has 0 atom stereocenters. The minimum Gasteiger partial charge on any atom is -0.374 e. The van der Waals surface area contributed by atoms with Crippen LogP contribution in [0.2, 0.25) is 31.7 Å². The lowest BCUT2D eigenvalue weighted by Gasteiger charge is -2.29. The molecule has 0 saturated carbocycles. The number of rotatable bonds is 22. The Morgan fingerprint density at radius 1 is 0.568 bits per heavy atom. The van der Waals surface area contributed by atoms with Crippen molar-refractivity contribution in [2.45, 2.75) is 87.1 Å². The van der Waals surface area contributed by atoms with Crippen LogP contribution >= 0.6 is 53.7 Å². The van der Waals surface area contributed by atoms with E-state index in [-0.39, 0.29) is 23.7 Å². The van der Waals surface area contributed by atoms with E-state index >= 15 is 0 Å². The molecule has 0 saturated heterocycles. The Hall–Kier alpha value is 1.77. The van der Waals surface area contributed by atoms with Crippen LogP contribution in [0.15, 0.2) is 0 Å². The maximum atomic E-state index is 12.5. The van der Waals surface area contributed by atoms with Crippen molar-refractivity contribution >= 4 is 78.0 Å². The van der Waals surface area contributed by atoms with E-state index in [1.807, 2.05) is 20.8 Å². The third kappa shape index (κ3) is 35.1. The minimum absolute atomic E-state index is 0.146. The third-order valence-electron chi connectivity index (χ3n) is 4.24. The highest BCUT2D eigenvalue weighted by molar-refractivity contribution is 9.26. The average Bonchev–Trinajstić information content (AvgIpc) is 2.87. The third-order valence-corrected chi connectivity index (χ3v) is 14.1. The van der Waals surface area contributed by atoms with Crippen LogP contribution in [-0.2, 0) is 44.7 Å². The molecule has 0 aliphatic carbocycles. The molecule has 0 amide bonds. The summed E-state index contributed by atoms with van der Waals surface area (Å²) in [7, 11) is -12.8. The average molecular weight is 839 g/mol. The molecule has 20 heteroatoms. The van der Waals surface area contributed by atoms with Crippen molar-refractivity contribution in [2.75, 3.05) is 70.5 Å². The first-order valence-corrected chi connectivity index (χ1v) is 29.1. The number of halogens is 3. The molecule has 2 N–H and O–H groups in total. The second-order valence-corrected chi connectivity index (χ2v) is 30.7. The molecule has 0 aromatic carbocycles. The molecule has 0 spiro atoms. The summed E-state index contributed by atoms with van der Waals surface area (Å²) in [6, 6.07) is 0.576. The van der Waals surface area contributed by atoms with Crippen molar-refractivity contribution in [1.82, 2.24) is 0 Å². The molecule has 0 fully saturated rings. The molecule has 0 unspecified atom stereocenters. The molecule has 0 rings (SSSR count). The van der Waals surface area contributed by atoms with Crippen LogP contribution in [0.4, 0.5) is 0 Å². The van der Waals surface area contributed by atoms with Crippen molar-refractivity contribution in [3.63, 3.8) is 0 Å². The van der Waals surface area contributed by atoms with E-state index in [2.05, 4.69) is 34.9 Å². The van der Waals surface area contributed by atoms with E-state index < -0.39 is 39.5 Å². The Morgan fingerprint density at radius 3 is 0.977 bits per heavy atom. The van der Waals surface area contributed by atoms with Crippen LogP contribution in [0.5, 0.6) is 0 Å². The molecule has 44 heavy (non-hydrogen) atoms. The molecular formula is C24H61BrCl2O12P2Si3. The first-order chi connectivity index (χ1) is 20.3. The summed E-state index contributed by atoms with van der Waals surface area (Å²) < 4.78 is 67.4. The van der Waals surface area contributed by atoms with Gasteiger partial charge in [-0.3, -0.25) is 9.13 Å². The Morgan fingerprint density at radius 2 is 0.795 bits per heavy atom. The Kier molecular flexibility index (Phi) is 36.8. The summed E-state index contributed by atoms with van der Waals surface area (Å²) in [5.74, 6) is 0. The van der Waals surface area contributed by atoms with Crippen molar-refractivity contribution in [1.29, 1.82) is 0 Å². The molecule has 0 aromatic heterocycles. The van der Waals surface area contributed by atoms with E-state index in [1.165, 1.54) is 0 Å². The van der Waals surface area contributed by atoms with Gasteiger partial charge in [-0.2, -0.15) is 0 Å². The van der Waals surface area contributed by atoms with Gasteiger partial charge in [0.05, 0.1) is 30.9 Å². The largest absolute Gasteiger partial charge is 0.501 e. The molecule has 0 aliphatic rings. The summed E-state index contributed by atoms with van der Waals surface area (Å²) in [5.41, 5.74) is 0. The topological polar surface area (TPSA) is 148 Å². The summed E-state index contributed by atoms with van der Waals surface area (Å²) in [5, 5.41) is 0.194. The normalized spacial score (nSPS) is 12.4. The number of alkyl halides is 2. The number of hydrogen-bond acceptors (Lipinski definition) is 10. The zero-order valence-corrected chi connectivity index (χ0v) is 36.6. The van der Waals surface area contributed by atoms with Gasteiger partial charge in [0, 0.05) is 51.7 Å². The van der Waals surface area contributed by atoms with Gasteiger partial charge in [0.25, 0.3) is 0 Å². The number of hydrogen-bond donors (Lipinski definition) is 2. The summed E-state index contributed by atoms with van der Waals surface area (Å²) in [6.07, 6.45) is -0.0138. The molecule has 0 radical (unpaired) electrons. The second-order valence-electron chi connectivity index (χ2n) is 9.19. The second kappa shape index (κ2) is 30.8. The van der Waals surface area contributed by atoms with Crippen LogP contribution in [0.25, 0.3) is 0 Å². The fourth-order valence-corrected chi connectivity index (χ4v) is 12.7. The Labute approximate surface area is 288 Å². The van der Waals surface area contributed by atoms with Crippen LogP contribution in [0, 0.1) is 0 Å². The van der Waals surface area contributed by atoms with Gasteiger partial charge in [0.15, 0.2) is 0 Å². The van der Waals surface area contributed by atoms with E-state index in [1.54, 1.807) is 34.6 Å². The van der Waals surface area contributed by atoms with E-state index in [4.69, 9.17) is 68.6 Å². The van der Waals surface area contributed by atoms with Crippen molar-refractivity contribution in [2.24, 2.45) is 0 Å². The molecule has 0 aliphatic heterocycles. The van der Waals surface area contributed by atoms with Crippen LogP contribution in [0.3, 0.4) is 0 Å². The van der Waals surface area contributed by atoms with Crippen molar-refractivity contribution < 1.29 is 54.5 Å². The Bertz CT molecular complexity index is 691. The van der Waals surface area contributed by atoms with E-state index in [0.717, 1.165) is 0 Å². The predicted molar refractivity (Wildman–Crippen MR) is 192 cm³/mol. The lowest BCUT2D eigenvalue weighted by Crippen LogP contribution is -2.46. The fraction of sp³-hybridized carbons (Fsp3) is 1.00. The first-order valence-electron chi connectivity index (χ1n) is 14.9. The van der Waals surface area contributed by atoms with Gasteiger partial charge in [-0.25, -0.2) is 0 Å². The Balaban J connectivity index is -0.000000296. The predicted octanol–water partition coefficient (Wildman–Crippen LogP) is 8.15. The molecule has 272 valence electrons. The van der Waals surface area contributed by atoms with Crippen LogP contribution in [0.1, 0.15) is 55.4 Å². The van der Waals surface area contributed by atoms with Gasteiger partial charge in [-0.1, -0.05) is 19.6 Å². The highest BCUT2D eigenvalue weighted by atomic mass is 79.9. The lowest BCUT2D eigenvalue weighted by atomic mass is 10.9. The summed E-state index contributed by atoms with van der Waals surface area (Å²) in [6.45, 7) is 24.0. The van der Waals surface area contributed by atoms with Crippen molar-refractivity contribution in [3.8, 4) is 0 Å². The van der Waals surface area contributed by atoms with E-state index in [9.17, 15) is 9.13 Å². The zero-order valence-electron chi connectivity index (χ0n) is 28.7. The summed E-state index contributed by atoms with van der Waals surface area (Å²) in [4.78, 5) is 17.7. The SMILES string of the molecule is CCO[Si](CCP(=O)(O)O)(OCC)OCC.CCO[Si](CCP(=O)(OCC)OCC)(OCC)OCC.C[Si](C)(C)Br.ClCCl. The van der Waals surface area contributed by atoms with Crippen molar-refractivity contribution in [3.05, 3.63) is 0 Å². The smallest absolute Gasteiger partial charge is 0.374 e. The van der Waals surface area contributed by atoms with Gasteiger partial charge in [0.2, 0.25) is 0 Å². The molecule has 12 nitrogen and oxygen atoms in total. The zero-order chi connectivity index (χ0) is 35.3. The lowest BCUT2D eigenvalue weighted by molar-refractivity contribution is 0.0715. The van der Waals surface area contributed by atoms with Gasteiger partial charge < -0.3 is 45.4 Å². The minimum atomic E-state index is -4.04. The van der Waals surface area contributed by atoms with E-state index in [0.29, 0.717) is 58.9 Å². The fourth-order valence-electron chi connectivity index (χ4n) is 3.12.